The number of primary amides is 1. The molecule has 0 aliphatic heterocycles. The zero-order valence-electron chi connectivity index (χ0n) is 5.68. The number of nitrogens with two attached hydrogens (primary N) is 1. The summed E-state index contributed by atoms with van der Waals surface area (Å²) in [7, 11) is 0. The Morgan fingerprint density at radius 1 is 1.50 bits per heavy atom. The topological polar surface area (TPSA) is 43.1 Å². The Bertz CT molecular complexity index is 304. The Hall–Kier alpha value is -1.04. The van der Waals surface area contributed by atoms with Crippen LogP contribution in [0.3, 0.4) is 0 Å². The molecule has 0 atom stereocenters. The van der Waals surface area contributed by atoms with Gasteiger partial charge in [-0.25, -0.2) is 0 Å². The summed E-state index contributed by atoms with van der Waals surface area (Å²) in [4.78, 5) is 10.0. The molecule has 0 saturated heterocycles. The average molecular weight is 195 g/mol. The fourth-order valence-electron chi connectivity index (χ4n) is 0.723. The van der Waals surface area contributed by atoms with E-state index in [1.165, 1.54) is 5.38 Å². The molecule has 12 heavy (non-hydrogen) atoms. The molecule has 2 nitrogen and oxygen atoms in total. The Balaban J connectivity index is 3.17. The minimum absolute atomic E-state index is 0.442. The van der Waals surface area contributed by atoms with Gasteiger partial charge in [0.15, 0.2) is 0 Å². The summed E-state index contributed by atoms with van der Waals surface area (Å²) < 4.78 is 36.1. The maximum atomic E-state index is 12.0. The molecule has 0 spiro atoms. The number of carbonyl (C=O) groups is 1. The predicted octanol–water partition coefficient (Wildman–Crippen LogP) is 1.87. The summed E-state index contributed by atoms with van der Waals surface area (Å²) in [5, 5.41) is 1.18. The summed E-state index contributed by atoms with van der Waals surface area (Å²) in [6.45, 7) is 0. The van der Waals surface area contributed by atoms with Gasteiger partial charge in [-0.2, -0.15) is 13.2 Å². The quantitative estimate of drug-likeness (QED) is 0.730. The third-order valence-corrected chi connectivity index (χ3v) is 2.12. The molecule has 0 unspecified atom stereocenters. The Labute approximate surface area is 69.8 Å². The maximum Gasteiger partial charge on any atom is 0.417 e. The predicted molar refractivity (Wildman–Crippen MR) is 37.8 cm³/mol. The van der Waals surface area contributed by atoms with Crippen LogP contribution in [0.2, 0.25) is 0 Å². The van der Waals surface area contributed by atoms with E-state index in [0.717, 1.165) is 6.07 Å². The molecule has 1 aromatic rings. The van der Waals surface area contributed by atoms with Gasteiger partial charge in [0, 0.05) is 0 Å². The van der Waals surface area contributed by atoms with Crippen molar-refractivity contribution >= 4 is 17.2 Å². The van der Waals surface area contributed by atoms with Gasteiger partial charge in [0.25, 0.3) is 5.91 Å². The fraction of sp³-hybridized carbons (Fsp3) is 0.167. The smallest absolute Gasteiger partial charge is 0.365 e. The number of hydrogen-bond donors (Lipinski definition) is 1. The molecule has 0 saturated carbocycles. The molecule has 2 N–H and O–H groups in total. The summed E-state index contributed by atoms with van der Waals surface area (Å²) in [5.41, 5.74) is 3.77. The Kier molecular flexibility index (Phi) is 2.10. The highest BCUT2D eigenvalue weighted by Gasteiger charge is 2.35. The van der Waals surface area contributed by atoms with Gasteiger partial charge in [-0.15, -0.1) is 11.3 Å². The van der Waals surface area contributed by atoms with Gasteiger partial charge in [-0.1, -0.05) is 0 Å². The van der Waals surface area contributed by atoms with E-state index in [2.05, 4.69) is 0 Å². The lowest BCUT2D eigenvalue weighted by Crippen LogP contribution is -2.15. The molecular formula is C6H4F3NOS. The number of alkyl halides is 3. The van der Waals surface area contributed by atoms with E-state index in [1.807, 2.05) is 0 Å². The van der Waals surface area contributed by atoms with Crippen molar-refractivity contribution in [1.29, 1.82) is 0 Å². The molecule has 66 valence electrons. The molecule has 6 heteroatoms. The van der Waals surface area contributed by atoms with E-state index in [0.29, 0.717) is 11.3 Å². The highest BCUT2D eigenvalue weighted by molar-refractivity contribution is 7.12. The Morgan fingerprint density at radius 3 is 2.42 bits per heavy atom. The zero-order chi connectivity index (χ0) is 9.35. The van der Waals surface area contributed by atoms with E-state index in [-0.39, 0.29) is 0 Å². The number of halogens is 3. The van der Waals surface area contributed by atoms with Gasteiger partial charge in [0.1, 0.15) is 4.88 Å². The van der Waals surface area contributed by atoms with E-state index in [1.54, 1.807) is 0 Å². The van der Waals surface area contributed by atoms with Crippen molar-refractivity contribution in [2.75, 3.05) is 0 Å². The largest absolute Gasteiger partial charge is 0.417 e. The minimum Gasteiger partial charge on any atom is -0.365 e. The van der Waals surface area contributed by atoms with Gasteiger partial charge < -0.3 is 5.73 Å². The minimum atomic E-state index is -4.50. The highest BCUT2D eigenvalue weighted by atomic mass is 32.1. The normalized spacial score (nSPS) is 11.6. The molecule has 0 radical (unpaired) electrons. The van der Waals surface area contributed by atoms with Crippen molar-refractivity contribution in [1.82, 2.24) is 0 Å². The van der Waals surface area contributed by atoms with Gasteiger partial charge in [0.05, 0.1) is 5.56 Å². The van der Waals surface area contributed by atoms with Crippen LogP contribution >= 0.6 is 11.3 Å². The van der Waals surface area contributed by atoms with E-state index >= 15 is 0 Å². The van der Waals surface area contributed by atoms with Gasteiger partial charge in [-0.3, -0.25) is 4.79 Å². The number of rotatable bonds is 1. The zero-order valence-corrected chi connectivity index (χ0v) is 6.50. The van der Waals surface area contributed by atoms with Crippen molar-refractivity contribution in [3.63, 3.8) is 0 Å². The van der Waals surface area contributed by atoms with Crippen molar-refractivity contribution in [2.45, 2.75) is 6.18 Å². The third-order valence-electron chi connectivity index (χ3n) is 1.19. The van der Waals surface area contributed by atoms with Crippen LogP contribution in [0.4, 0.5) is 13.2 Å². The first-order valence-corrected chi connectivity index (χ1v) is 3.75. The SMILES string of the molecule is NC(=O)c1sccc1C(F)(F)F. The lowest BCUT2D eigenvalue weighted by atomic mass is 10.2. The first kappa shape index (κ1) is 9.05. The van der Waals surface area contributed by atoms with Crippen LogP contribution in [0, 0.1) is 0 Å². The van der Waals surface area contributed by atoms with E-state index < -0.39 is 22.5 Å². The van der Waals surface area contributed by atoms with E-state index in [9.17, 15) is 18.0 Å². The molecule has 1 amide bonds. The van der Waals surface area contributed by atoms with Crippen LogP contribution in [0.15, 0.2) is 11.4 Å². The molecule has 0 fully saturated rings. The molecule has 1 aromatic heterocycles. The second kappa shape index (κ2) is 2.78. The number of hydrogen-bond acceptors (Lipinski definition) is 2. The van der Waals surface area contributed by atoms with Gasteiger partial charge in [0.2, 0.25) is 0 Å². The summed E-state index contributed by atoms with van der Waals surface area (Å²) >= 11 is 0.690. The van der Waals surface area contributed by atoms with Crippen LogP contribution in [0.25, 0.3) is 0 Å². The molecule has 0 bridgehead atoms. The van der Waals surface area contributed by atoms with Crippen LogP contribution < -0.4 is 5.73 Å². The second-order valence-corrected chi connectivity index (χ2v) is 2.94. The van der Waals surface area contributed by atoms with Crippen LogP contribution in [0.5, 0.6) is 0 Å². The highest BCUT2D eigenvalue weighted by Crippen LogP contribution is 2.34. The number of carbonyl (C=O) groups excluding carboxylic acids is 1. The second-order valence-electron chi connectivity index (χ2n) is 2.03. The van der Waals surface area contributed by atoms with Crippen molar-refractivity contribution in [3.05, 3.63) is 21.9 Å². The van der Waals surface area contributed by atoms with Gasteiger partial charge in [-0.05, 0) is 11.4 Å². The molecular weight excluding hydrogens is 191 g/mol. The van der Waals surface area contributed by atoms with Crippen molar-refractivity contribution in [3.8, 4) is 0 Å². The standard InChI is InChI=1S/C6H4F3NOS/c7-6(8,9)3-1-2-12-4(3)5(10)11/h1-2H,(H2,10,11). The van der Waals surface area contributed by atoms with E-state index in [4.69, 9.17) is 5.73 Å². The summed E-state index contributed by atoms with van der Waals surface area (Å²) in [6, 6.07) is 0.838. The first-order valence-electron chi connectivity index (χ1n) is 2.87. The molecule has 0 aliphatic carbocycles. The van der Waals surface area contributed by atoms with Crippen LogP contribution in [0.1, 0.15) is 15.2 Å². The third kappa shape index (κ3) is 1.58. The molecule has 0 aromatic carbocycles. The summed E-state index contributed by atoms with van der Waals surface area (Å²) in [6.07, 6.45) is -4.50. The molecule has 1 rings (SSSR count). The van der Waals surface area contributed by atoms with Crippen molar-refractivity contribution in [2.24, 2.45) is 5.73 Å². The molecule has 0 aliphatic rings. The fourth-order valence-corrected chi connectivity index (χ4v) is 1.49. The van der Waals surface area contributed by atoms with Crippen LogP contribution in [-0.4, -0.2) is 5.91 Å². The van der Waals surface area contributed by atoms with Crippen LogP contribution in [-0.2, 0) is 6.18 Å². The lowest BCUT2D eigenvalue weighted by molar-refractivity contribution is -0.137. The molecule has 1 heterocycles. The Morgan fingerprint density at radius 2 is 2.08 bits per heavy atom. The van der Waals surface area contributed by atoms with Gasteiger partial charge >= 0.3 is 6.18 Å². The first-order chi connectivity index (χ1) is 5.43. The lowest BCUT2D eigenvalue weighted by Gasteiger charge is -2.04. The van der Waals surface area contributed by atoms with Crippen molar-refractivity contribution < 1.29 is 18.0 Å². The number of thiophene rings is 1. The maximum absolute atomic E-state index is 12.0. The summed E-state index contributed by atoms with van der Waals surface area (Å²) in [5.74, 6) is -1.04. The average Bonchev–Trinajstić information content (AvgIpc) is 2.30. The monoisotopic (exact) mass is 195 g/mol. The number of amides is 1.